The molecule has 128 valence electrons. The van der Waals surface area contributed by atoms with Crippen molar-refractivity contribution < 1.29 is 14.7 Å². The van der Waals surface area contributed by atoms with Crippen LogP contribution in [-0.4, -0.2) is 60.3 Å². The summed E-state index contributed by atoms with van der Waals surface area (Å²) in [5.41, 5.74) is 2.11. The second-order valence-electron chi connectivity index (χ2n) is 6.22. The molecule has 23 heavy (non-hydrogen) atoms. The Morgan fingerprint density at radius 1 is 1.35 bits per heavy atom. The van der Waals surface area contributed by atoms with Crippen LogP contribution in [0.5, 0.6) is 0 Å². The first-order valence-corrected chi connectivity index (χ1v) is 8.38. The summed E-state index contributed by atoms with van der Waals surface area (Å²) in [5, 5.41) is 14.3. The van der Waals surface area contributed by atoms with Crippen LogP contribution >= 0.6 is 0 Å². The molecule has 1 aliphatic rings. The van der Waals surface area contributed by atoms with Crippen molar-refractivity contribution in [2.75, 3.05) is 26.2 Å². The van der Waals surface area contributed by atoms with E-state index in [2.05, 4.69) is 29.1 Å². The van der Waals surface area contributed by atoms with Crippen molar-refractivity contribution in [2.24, 2.45) is 5.16 Å². The Labute approximate surface area is 138 Å². The van der Waals surface area contributed by atoms with Crippen molar-refractivity contribution >= 4 is 5.71 Å². The lowest BCUT2D eigenvalue weighted by molar-refractivity contribution is -0.0169. The molecule has 0 amide bonds. The predicted molar refractivity (Wildman–Crippen MR) is 91.7 cm³/mol. The van der Waals surface area contributed by atoms with Crippen LogP contribution in [0, 0.1) is 0 Å². The summed E-state index contributed by atoms with van der Waals surface area (Å²) in [6, 6.07) is 10.1. The molecule has 5 nitrogen and oxygen atoms in total. The van der Waals surface area contributed by atoms with E-state index in [0.717, 1.165) is 30.8 Å². The average Bonchev–Trinajstić information content (AvgIpc) is 3.01. The molecule has 5 heteroatoms. The Morgan fingerprint density at radius 3 is 2.74 bits per heavy atom. The minimum absolute atomic E-state index is 0.0448. The number of aliphatic hydroxyl groups excluding tert-OH is 1. The molecular weight excluding hydrogens is 292 g/mol. The highest BCUT2D eigenvalue weighted by Gasteiger charge is 2.25. The van der Waals surface area contributed by atoms with Crippen LogP contribution in [0.1, 0.15) is 32.8 Å². The number of rotatable bonds is 9. The summed E-state index contributed by atoms with van der Waals surface area (Å²) in [6.45, 7) is 8.60. The van der Waals surface area contributed by atoms with E-state index in [1.165, 1.54) is 0 Å². The lowest BCUT2D eigenvalue weighted by Gasteiger charge is -2.25. The summed E-state index contributed by atoms with van der Waals surface area (Å²) in [4.78, 5) is 7.75. The molecule has 0 saturated heterocycles. The highest BCUT2D eigenvalue weighted by molar-refractivity contribution is 6.01. The minimum Gasteiger partial charge on any atom is -0.390 e. The first kappa shape index (κ1) is 17.9. The summed E-state index contributed by atoms with van der Waals surface area (Å²) in [7, 11) is 0. The number of hydrogen-bond acceptors (Lipinski definition) is 5. The van der Waals surface area contributed by atoms with Crippen molar-refractivity contribution in [1.29, 1.82) is 0 Å². The van der Waals surface area contributed by atoms with E-state index in [9.17, 15) is 5.11 Å². The van der Waals surface area contributed by atoms with Crippen molar-refractivity contribution in [3.8, 4) is 0 Å². The number of likely N-dealkylation sites (N-methyl/N-ethyl adjacent to an activating group) is 1. The predicted octanol–water partition coefficient (Wildman–Crippen LogP) is 2.29. The fourth-order valence-electron chi connectivity index (χ4n) is 2.60. The van der Waals surface area contributed by atoms with Gasteiger partial charge >= 0.3 is 0 Å². The van der Waals surface area contributed by atoms with E-state index in [-0.39, 0.29) is 12.2 Å². The van der Waals surface area contributed by atoms with Gasteiger partial charge in [-0.2, -0.15) is 0 Å². The molecule has 0 bridgehead atoms. The van der Waals surface area contributed by atoms with Gasteiger partial charge in [0.2, 0.25) is 0 Å². The maximum absolute atomic E-state index is 10.1. The Hall–Kier alpha value is -1.43. The van der Waals surface area contributed by atoms with Crippen LogP contribution < -0.4 is 0 Å². The minimum atomic E-state index is -0.478. The van der Waals surface area contributed by atoms with E-state index < -0.39 is 6.10 Å². The average molecular weight is 320 g/mol. The monoisotopic (exact) mass is 320 g/mol. The first-order valence-electron chi connectivity index (χ1n) is 8.38. The Balaban J connectivity index is 1.77. The number of aliphatic hydroxyl groups is 1. The summed E-state index contributed by atoms with van der Waals surface area (Å²) in [5.74, 6) is 0. The lowest BCUT2D eigenvalue weighted by atomic mass is 10.0. The van der Waals surface area contributed by atoms with Gasteiger partial charge in [0.1, 0.15) is 6.10 Å². The molecular formula is C18H28N2O3. The summed E-state index contributed by atoms with van der Waals surface area (Å²) < 4.78 is 5.46. The largest absolute Gasteiger partial charge is 0.390 e. The number of nitrogens with zero attached hydrogens (tertiary/aromatic N) is 2. The molecule has 1 N–H and O–H groups in total. The Kier molecular flexibility index (Phi) is 7.02. The van der Waals surface area contributed by atoms with Crippen LogP contribution in [0.3, 0.4) is 0 Å². The van der Waals surface area contributed by atoms with Gasteiger partial charge in [-0.15, -0.1) is 0 Å². The molecule has 1 aliphatic heterocycles. The molecule has 1 heterocycles. The van der Waals surface area contributed by atoms with E-state index in [1.54, 1.807) is 0 Å². The Bertz CT molecular complexity index is 490. The fourth-order valence-corrected chi connectivity index (χ4v) is 2.60. The normalized spacial score (nSPS) is 19.0. The van der Waals surface area contributed by atoms with E-state index in [4.69, 9.17) is 9.57 Å². The van der Waals surface area contributed by atoms with E-state index >= 15 is 0 Å². The van der Waals surface area contributed by atoms with Crippen LogP contribution in [0.2, 0.25) is 0 Å². The van der Waals surface area contributed by atoms with Gasteiger partial charge in [-0.1, -0.05) is 42.4 Å². The zero-order chi connectivity index (χ0) is 16.7. The fraction of sp³-hybridized carbons (Fsp3) is 0.611. The van der Waals surface area contributed by atoms with Crippen molar-refractivity contribution in [1.82, 2.24) is 4.90 Å². The van der Waals surface area contributed by atoms with Crippen molar-refractivity contribution in [3.63, 3.8) is 0 Å². The van der Waals surface area contributed by atoms with Gasteiger partial charge in [-0.05, 0) is 26.0 Å². The van der Waals surface area contributed by atoms with Gasteiger partial charge in [0, 0.05) is 19.5 Å². The van der Waals surface area contributed by atoms with Gasteiger partial charge in [0.15, 0.2) is 0 Å². The molecule has 0 fully saturated rings. The van der Waals surface area contributed by atoms with Crippen LogP contribution in [-0.2, 0) is 9.57 Å². The maximum atomic E-state index is 10.1. The molecule has 1 aromatic carbocycles. The SMILES string of the molecule is CCN(C[C@@H](O)COC(C)C)C[C@@H]1CC(c2ccccc2)=NO1. The third kappa shape index (κ3) is 5.94. The van der Waals surface area contributed by atoms with Gasteiger partial charge in [-0.3, -0.25) is 4.90 Å². The number of benzene rings is 1. The molecule has 2 atom stereocenters. The molecule has 1 aromatic rings. The second kappa shape index (κ2) is 9.01. The Morgan fingerprint density at radius 2 is 2.09 bits per heavy atom. The smallest absolute Gasteiger partial charge is 0.145 e. The van der Waals surface area contributed by atoms with Gasteiger partial charge in [-0.25, -0.2) is 0 Å². The van der Waals surface area contributed by atoms with Gasteiger partial charge < -0.3 is 14.7 Å². The lowest BCUT2D eigenvalue weighted by Crippen LogP contribution is -2.39. The third-order valence-corrected chi connectivity index (χ3v) is 3.84. The maximum Gasteiger partial charge on any atom is 0.145 e. The summed E-state index contributed by atoms with van der Waals surface area (Å²) in [6.07, 6.45) is 0.510. The van der Waals surface area contributed by atoms with Crippen LogP contribution in [0.15, 0.2) is 35.5 Å². The molecule has 0 unspecified atom stereocenters. The third-order valence-electron chi connectivity index (χ3n) is 3.84. The number of ether oxygens (including phenoxy) is 1. The van der Waals surface area contributed by atoms with Crippen molar-refractivity contribution in [2.45, 2.75) is 45.5 Å². The number of oxime groups is 1. The zero-order valence-corrected chi connectivity index (χ0v) is 14.3. The van der Waals surface area contributed by atoms with Gasteiger partial charge in [0.05, 0.1) is 24.5 Å². The standard InChI is InChI=1S/C18H28N2O3/c1-4-20(11-16(21)13-22-14(2)3)12-17-10-18(19-23-17)15-8-6-5-7-9-15/h5-9,14,16-17,21H,4,10-13H2,1-3H3/t16-,17+/m1/s1. The molecule has 0 radical (unpaired) electrons. The first-order chi connectivity index (χ1) is 11.1. The van der Waals surface area contributed by atoms with Gasteiger partial charge in [0.25, 0.3) is 0 Å². The molecule has 2 rings (SSSR count). The quantitative estimate of drug-likeness (QED) is 0.758. The second-order valence-corrected chi connectivity index (χ2v) is 6.22. The topological polar surface area (TPSA) is 54.3 Å². The van der Waals surface area contributed by atoms with E-state index in [1.807, 2.05) is 32.0 Å². The van der Waals surface area contributed by atoms with E-state index in [0.29, 0.717) is 13.2 Å². The highest BCUT2D eigenvalue weighted by Crippen LogP contribution is 2.17. The van der Waals surface area contributed by atoms with Crippen molar-refractivity contribution in [3.05, 3.63) is 35.9 Å². The molecule has 0 saturated carbocycles. The highest BCUT2D eigenvalue weighted by atomic mass is 16.6. The summed E-state index contributed by atoms with van der Waals surface area (Å²) >= 11 is 0. The van der Waals surface area contributed by atoms with Crippen LogP contribution in [0.25, 0.3) is 0 Å². The zero-order valence-electron chi connectivity index (χ0n) is 14.3. The molecule has 0 aliphatic carbocycles. The van der Waals surface area contributed by atoms with Crippen LogP contribution in [0.4, 0.5) is 0 Å². The number of hydrogen-bond donors (Lipinski definition) is 1. The molecule has 0 spiro atoms. The molecule has 0 aromatic heterocycles.